The number of hydrogen-bond donors (Lipinski definition) is 1. The van der Waals surface area contributed by atoms with Gasteiger partial charge in [-0.15, -0.1) is 11.8 Å². The number of thioether (sulfide) groups is 1. The third kappa shape index (κ3) is 3.65. The van der Waals surface area contributed by atoms with E-state index >= 15 is 0 Å². The molecule has 0 saturated carbocycles. The van der Waals surface area contributed by atoms with E-state index in [1.54, 1.807) is 6.26 Å². The van der Waals surface area contributed by atoms with Gasteiger partial charge in [-0.2, -0.15) is 0 Å². The Morgan fingerprint density at radius 1 is 1.28 bits per heavy atom. The largest absolute Gasteiger partial charge is 0.468 e. The molecular weight excluding hydrogens is 242 g/mol. The first kappa shape index (κ1) is 13.2. The van der Waals surface area contributed by atoms with Crippen molar-refractivity contribution in [3.63, 3.8) is 0 Å². The Morgan fingerprint density at radius 2 is 2.17 bits per heavy atom. The Balaban J connectivity index is 2.05. The smallest absolute Gasteiger partial charge is 0.113 e. The molecule has 0 atom stereocenters. The van der Waals surface area contributed by atoms with E-state index in [2.05, 4.69) is 37.4 Å². The molecule has 96 valence electrons. The summed E-state index contributed by atoms with van der Waals surface area (Å²) in [6.45, 7) is 6.19. The molecule has 1 N–H and O–H groups in total. The van der Waals surface area contributed by atoms with Gasteiger partial charge in [0.1, 0.15) is 5.76 Å². The summed E-state index contributed by atoms with van der Waals surface area (Å²) in [4.78, 5) is 1.33. The van der Waals surface area contributed by atoms with E-state index in [9.17, 15) is 0 Å². The van der Waals surface area contributed by atoms with Crippen LogP contribution >= 0.6 is 11.8 Å². The molecule has 2 nitrogen and oxygen atoms in total. The van der Waals surface area contributed by atoms with Crippen LogP contribution in [0.1, 0.15) is 23.8 Å². The van der Waals surface area contributed by atoms with Crippen LogP contribution in [0.3, 0.4) is 0 Å². The second-order valence-electron chi connectivity index (χ2n) is 4.26. The summed E-state index contributed by atoms with van der Waals surface area (Å²) in [5.74, 6) is 1.91. The van der Waals surface area contributed by atoms with Crippen LogP contribution in [0.5, 0.6) is 0 Å². The Labute approximate surface area is 113 Å². The number of rotatable bonds is 6. The van der Waals surface area contributed by atoms with Gasteiger partial charge in [0.2, 0.25) is 0 Å². The molecule has 0 unspecified atom stereocenters. The lowest BCUT2D eigenvalue weighted by Gasteiger charge is -2.10. The molecule has 0 amide bonds. The molecule has 0 aliphatic heterocycles. The predicted molar refractivity (Wildman–Crippen MR) is 76.8 cm³/mol. The standard InChI is InChI=1S/C15H19NOS/c1-3-16-10-13-9-12(2)6-7-15(13)18-11-14-5-4-8-17-14/h4-9,16H,3,10-11H2,1-2H3. The van der Waals surface area contributed by atoms with Gasteiger partial charge in [0.15, 0.2) is 0 Å². The van der Waals surface area contributed by atoms with E-state index in [0.717, 1.165) is 24.6 Å². The van der Waals surface area contributed by atoms with Gasteiger partial charge in [0.05, 0.1) is 12.0 Å². The highest BCUT2D eigenvalue weighted by molar-refractivity contribution is 7.98. The number of aryl methyl sites for hydroxylation is 1. The van der Waals surface area contributed by atoms with E-state index in [-0.39, 0.29) is 0 Å². The first-order chi connectivity index (χ1) is 8.79. The zero-order valence-corrected chi connectivity index (χ0v) is 11.7. The molecule has 1 aromatic heterocycles. The lowest BCUT2D eigenvalue weighted by Crippen LogP contribution is -2.12. The minimum atomic E-state index is 0.884. The monoisotopic (exact) mass is 261 g/mol. The molecule has 0 aliphatic carbocycles. The Bertz CT molecular complexity index is 479. The summed E-state index contributed by atoms with van der Waals surface area (Å²) in [6, 6.07) is 10.6. The molecule has 0 bridgehead atoms. The minimum Gasteiger partial charge on any atom is -0.468 e. The molecule has 2 aromatic rings. The highest BCUT2D eigenvalue weighted by Gasteiger charge is 2.05. The highest BCUT2D eigenvalue weighted by Crippen LogP contribution is 2.27. The van der Waals surface area contributed by atoms with Gasteiger partial charge in [-0.25, -0.2) is 0 Å². The molecule has 0 spiro atoms. The molecule has 2 rings (SSSR count). The first-order valence-corrected chi connectivity index (χ1v) is 7.23. The quantitative estimate of drug-likeness (QED) is 0.796. The van der Waals surface area contributed by atoms with Crippen molar-refractivity contribution in [2.45, 2.75) is 31.0 Å². The number of benzene rings is 1. The minimum absolute atomic E-state index is 0.884. The van der Waals surface area contributed by atoms with Gasteiger partial charge in [-0.05, 0) is 37.2 Å². The molecular formula is C15H19NOS. The zero-order valence-electron chi connectivity index (χ0n) is 10.9. The fourth-order valence-electron chi connectivity index (χ4n) is 1.79. The maximum absolute atomic E-state index is 5.36. The molecule has 0 fully saturated rings. The summed E-state index contributed by atoms with van der Waals surface area (Å²) in [5, 5.41) is 3.39. The maximum Gasteiger partial charge on any atom is 0.113 e. The summed E-state index contributed by atoms with van der Waals surface area (Å²) in [7, 11) is 0. The topological polar surface area (TPSA) is 25.2 Å². The average Bonchev–Trinajstić information content (AvgIpc) is 2.88. The Kier molecular flexibility index (Phi) is 4.90. The summed E-state index contributed by atoms with van der Waals surface area (Å²) in [5.41, 5.74) is 2.68. The van der Waals surface area contributed by atoms with Crippen LogP contribution in [0.25, 0.3) is 0 Å². The van der Waals surface area contributed by atoms with Gasteiger partial charge in [-0.3, -0.25) is 0 Å². The van der Waals surface area contributed by atoms with Crippen LogP contribution in [0.15, 0.2) is 45.9 Å². The van der Waals surface area contributed by atoms with Crippen molar-refractivity contribution in [3.05, 3.63) is 53.5 Å². The van der Waals surface area contributed by atoms with E-state index < -0.39 is 0 Å². The van der Waals surface area contributed by atoms with Gasteiger partial charge in [-0.1, -0.05) is 24.6 Å². The molecule has 0 aliphatic rings. The van der Waals surface area contributed by atoms with Crippen molar-refractivity contribution < 1.29 is 4.42 Å². The van der Waals surface area contributed by atoms with Crippen LogP contribution in [-0.4, -0.2) is 6.54 Å². The lowest BCUT2D eigenvalue weighted by molar-refractivity contribution is 0.530. The highest BCUT2D eigenvalue weighted by atomic mass is 32.2. The number of nitrogens with one attached hydrogen (secondary N) is 1. The second-order valence-corrected chi connectivity index (χ2v) is 5.28. The fraction of sp³-hybridized carbons (Fsp3) is 0.333. The maximum atomic E-state index is 5.36. The fourth-order valence-corrected chi connectivity index (χ4v) is 2.73. The predicted octanol–water partition coefficient (Wildman–Crippen LogP) is 3.99. The molecule has 1 aromatic carbocycles. The van der Waals surface area contributed by atoms with Gasteiger partial charge in [0.25, 0.3) is 0 Å². The third-order valence-electron chi connectivity index (χ3n) is 2.73. The van der Waals surface area contributed by atoms with E-state index in [0.29, 0.717) is 0 Å². The number of hydrogen-bond acceptors (Lipinski definition) is 3. The first-order valence-electron chi connectivity index (χ1n) is 6.25. The summed E-state index contributed by atoms with van der Waals surface area (Å²) in [6.07, 6.45) is 1.73. The Morgan fingerprint density at radius 3 is 2.89 bits per heavy atom. The molecule has 18 heavy (non-hydrogen) atoms. The zero-order chi connectivity index (χ0) is 12.8. The van der Waals surface area contributed by atoms with Crippen molar-refractivity contribution in [3.8, 4) is 0 Å². The van der Waals surface area contributed by atoms with Crippen LogP contribution < -0.4 is 5.32 Å². The van der Waals surface area contributed by atoms with Crippen molar-refractivity contribution in [2.24, 2.45) is 0 Å². The van der Waals surface area contributed by atoms with Crippen molar-refractivity contribution in [1.82, 2.24) is 5.32 Å². The van der Waals surface area contributed by atoms with E-state index in [4.69, 9.17) is 4.42 Å². The third-order valence-corrected chi connectivity index (χ3v) is 3.87. The summed E-state index contributed by atoms with van der Waals surface area (Å²) < 4.78 is 5.36. The molecule has 1 heterocycles. The van der Waals surface area contributed by atoms with Crippen LogP contribution in [-0.2, 0) is 12.3 Å². The van der Waals surface area contributed by atoms with Crippen LogP contribution in [0, 0.1) is 6.92 Å². The lowest BCUT2D eigenvalue weighted by atomic mass is 10.1. The SMILES string of the molecule is CCNCc1cc(C)ccc1SCc1ccco1. The normalized spacial score (nSPS) is 10.8. The molecule has 0 radical (unpaired) electrons. The van der Waals surface area contributed by atoms with E-state index in [1.165, 1.54) is 16.0 Å². The van der Waals surface area contributed by atoms with Gasteiger partial charge in [0, 0.05) is 11.4 Å². The number of furan rings is 1. The van der Waals surface area contributed by atoms with Crippen LogP contribution in [0.2, 0.25) is 0 Å². The van der Waals surface area contributed by atoms with Crippen LogP contribution in [0.4, 0.5) is 0 Å². The Hall–Kier alpha value is -1.19. The van der Waals surface area contributed by atoms with Gasteiger partial charge >= 0.3 is 0 Å². The van der Waals surface area contributed by atoms with Crippen molar-refractivity contribution in [1.29, 1.82) is 0 Å². The van der Waals surface area contributed by atoms with E-state index in [1.807, 2.05) is 23.9 Å². The molecule has 0 saturated heterocycles. The summed E-state index contributed by atoms with van der Waals surface area (Å²) >= 11 is 1.83. The second kappa shape index (κ2) is 6.66. The van der Waals surface area contributed by atoms with Crippen molar-refractivity contribution >= 4 is 11.8 Å². The molecule has 3 heteroatoms. The van der Waals surface area contributed by atoms with Crippen molar-refractivity contribution in [2.75, 3.05) is 6.54 Å². The average molecular weight is 261 g/mol. The van der Waals surface area contributed by atoms with Gasteiger partial charge < -0.3 is 9.73 Å².